The monoisotopic (exact) mass is 528 g/mol. The summed E-state index contributed by atoms with van der Waals surface area (Å²) in [6, 6.07) is 0.693. The number of phosphoric ester groups is 1. The Kier molecular flexibility index (Phi) is 5.76. The Labute approximate surface area is 174 Å². The number of fused-ring (bicyclic) bond motifs is 1. The number of alkyl halides is 2. The van der Waals surface area contributed by atoms with Crippen molar-refractivity contribution in [3.8, 4) is 0 Å². The average molecular weight is 528 g/mol. The Hall–Kier alpha value is -1.39. The fourth-order valence-electron chi connectivity index (χ4n) is 3.20. The Morgan fingerprint density at radius 3 is 2.22 bits per heavy atom. The maximum absolute atomic E-state index is 15.0. The summed E-state index contributed by atoms with van der Waals surface area (Å²) < 4.78 is 80.4. The number of aromatic amines is 1. The molecular formula is C11H13F2N2O14P3. The van der Waals surface area contributed by atoms with Crippen molar-refractivity contribution in [1.82, 2.24) is 9.55 Å². The highest BCUT2D eigenvalue weighted by molar-refractivity contribution is 7.66. The quantitative estimate of drug-likeness (QED) is 0.177. The highest BCUT2D eigenvalue weighted by Gasteiger charge is 2.96. The zero-order valence-electron chi connectivity index (χ0n) is 15.0. The Balaban J connectivity index is 1.90. The Morgan fingerprint density at radius 2 is 1.75 bits per heavy atom. The van der Waals surface area contributed by atoms with E-state index in [2.05, 4.69) is 19.7 Å². The summed E-state index contributed by atoms with van der Waals surface area (Å²) in [4.78, 5) is 60.3. The highest BCUT2D eigenvalue weighted by atomic mass is 31.3. The lowest BCUT2D eigenvalue weighted by Gasteiger charge is -2.27. The van der Waals surface area contributed by atoms with Gasteiger partial charge in [-0.1, -0.05) is 6.08 Å². The van der Waals surface area contributed by atoms with Gasteiger partial charge < -0.3 is 29.4 Å². The van der Waals surface area contributed by atoms with Crippen molar-refractivity contribution in [2.75, 3.05) is 0 Å². The lowest BCUT2D eigenvalue weighted by molar-refractivity contribution is -0.198. The van der Waals surface area contributed by atoms with Crippen LogP contribution in [0, 0.1) is 0 Å². The van der Waals surface area contributed by atoms with Crippen molar-refractivity contribution in [1.29, 1.82) is 0 Å². The molecule has 0 amide bonds. The summed E-state index contributed by atoms with van der Waals surface area (Å²) in [6.45, 7) is 3.15. The third-order valence-electron chi connectivity index (χ3n) is 4.47. The van der Waals surface area contributed by atoms with Crippen molar-refractivity contribution in [2.24, 2.45) is 0 Å². The molecule has 1 saturated heterocycles. The molecule has 16 nitrogen and oxygen atoms in total. The normalized spacial score (nSPS) is 34.8. The number of aliphatic hydroxyl groups is 1. The summed E-state index contributed by atoms with van der Waals surface area (Å²) in [5.41, 5.74) is -8.42. The predicted molar refractivity (Wildman–Crippen MR) is 93.0 cm³/mol. The van der Waals surface area contributed by atoms with Gasteiger partial charge in [-0.2, -0.15) is 17.4 Å². The number of phosphoric acid groups is 3. The van der Waals surface area contributed by atoms with Crippen LogP contribution >= 0.6 is 23.5 Å². The van der Waals surface area contributed by atoms with Crippen molar-refractivity contribution in [3.05, 3.63) is 45.8 Å². The van der Waals surface area contributed by atoms with E-state index in [0.29, 0.717) is 18.3 Å². The Bertz CT molecular complexity index is 1220. The van der Waals surface area contributed by atoms with Crippen LogP contribution in [0.4, 0.5) is 8.78 Å². The van der Waals surface area contributed by atoms with E-state index < -0.39 is 64.2 Å². The molecule has 2 fully saturated rings. The van der Waals surface area contributed by atoms with Gasteiger partial charge in [0.25, 0.3) is 5.56 Å². The van der Waals surface area contributed by atoms with E-state index in [1.807, 2.05) is 0 Å². The minimum Gasteiger partial charge on any atom is -0.378 e. The molecule has 5 unspecified atom stereocenters. The summed E-state index contributed by atoms with van der Waals surface area (Å²) in [5, 5.41) is 10.5. The van der Waals surface area contributed by atoms with E-state index in [1.54, 1.807) is 4.98 Å². The molecule has 1 aliphatic heterocycles. The molecule has 0 bridgehead atoms. The van der Waals surface area contributed by atoms with Crippen LogP contribution in [-0.4, -0.2) is 57.5 Å². The van der Waals surface area contributed by atoms with Gasteiger partial charge in [-0.3, -0.25) is 18.9 Å². The number of hydrogen-bond acceptors (Lipinski definition) is 10. The fourth-order valence-corrected chi connectivity index (χ4v) is 6.43. The first kappa shape index (κ1) is 25.2. The maximum Gasteiger partial charge on any atom is 0.490 e. The van der Waals surface area contributed by atoms with E-state index in [4.69, 9.17) is 19.4 Å². The van der Waals surface area contributed by atoms with E-state index in [9.17, 15) is 33.3 Å². The molecule has 0 radical (unpaired) electrons. The molecule has 1 aliphatic carbocycles. The number of aromatic nitrogens is 2. The van der Waals surface area contributed by atoms with Crippen molar-refractivity contribution in [2.45, 2.75) is 29.5 Å². The van der Waals surface area contributed by atoms with Gasteiger partial charge in [0, 0.05) is 12.3 Å². The van der Waals surface area contributed by atoms with Gasteiger partial charge in [-0.25, -0.2) is 18.5 Å². The van der Waals surface area contributed by atoms with Crippen LogP contribution in [0.25, 0.3) is 0 Å². The number of hydrogen-bond donors (Lipinski definition) is 6. The average Bonchev–Trinajstić information content (AvgIpc) is 3.00. The summed E-state index contributed by atoms with van der Waals surface area (Å²) >= 11 is 0. The first-order valence-electron chi connectivity index (χ1n) is 7.87. The number of H-pyrrole nitrogens is 1. The molecule has 6 atom stereocenters. The van der Waals surface area contributed by atoms with Crippen LogP contribution in [0.1, 0.15) is 6.23 Å². The number of ether oxygens (including phenoxy) is 1. The molecule has 2 aliphatic rings. The minimum absolute atomic E-state index is 0.207. The van der Waals surface area contributed by atoms with Crippen LogP contribution in [0.15, 0.2) is 34.5 Å². The molecule has 180 valence electrons. The minimum atomic E-state index is -5.97. The smallest absolute Gasteiger partial charge is 0.378 e. The van der Waals surface area contributed by atoms with E-state index in [-0.39, 0.29) is 4.57 Å². The molecule has 3 rings (SSSR count). The van der Waals surface area contributed by atoms with Gasteiger partial charge in [0.2, 0.25) is 6.23 Å². The second-order valence-corrected chi connectivity index (χ2v) is 10.8. The van der Waals surface area contributed by atoms with E-state index in [0.717, 1.165) is 0 Å². The number of rotatable bonds is 8. The molecule has 6 N–H and O–H groups in total. The third-order valence-corrected chi connectivity index (χ3v) is 8.27. The summed E-state index contributed by atoms with van der Waals surface area (Å²) in [7, 11) is -17.6. The first-order valence-corrected chi connectivity index (χ1v) is 12.4. The van der Waals surface area contributed by atoms with Gasteiger partial charge in [0.1, 0.15) is 6.10 Å². The van der Waals surface area contributed by atoms with Crippen molar-refractivity contribution < 1.29 is 65.0 Å². The van der Waals surface area contributed by atoms with Gasteiger partial charge in [-0.05, 0) is 0 Å². The standard InChI is InChI=1S/C11H13F2N2O14P3/c1-2-9-6(27-31(22,23)29-32(24,25)28-30(19,20)21)10(9,18)11(12,13)7(26-9)15-4-3-5(16)14-8(15)17/h2-4,6-7,18H,1H2,(H,22,23)(H,24,25)(H,14,16,17)(H2,19,20,21)/t6?,7-,9?,10?/m1/s1. The zero-order valence-corrected chi connectivity index (χ0v) is 17.7. The second-order valence-electron chi connectivity index (χ2n) is 6.45. The molecule has 21 heteroatoms. The number of halogens is 2. The van der Waals surface area contributed by atoms with Gasteiger partial charge in [-0.15, -0.1) is 6.58 Å². The highest BCUT2D eigenvalue weighted by Crippen LogP contribution is 2.75. The fraction of sp³-hybridized carbons (Fsp3) is 0.455. The van der Waals surface area contributed by atoms with E-state index >= 15 is 8.78 Å². The van der Waals surface area contributed by atoms with E-state index in [1.165, 1.54) is 0 Å². The Morgan fingerprint density at radius 1 is 1.16 bits per heavy atom. The molecule has 0 spiro atoms. The SMILES string of the molecule is C=CC12O[C@@H](n3ccc(=O)[nH]c3=O)C(F)(F)C1(O)C2OP(=O)(O)OP(=O)(O)OP(=O)(O)O. The largest absolute Gasteiger partial charge is 0.490 e. The lowest BCUT2D eigenvalue weighted by Crippen LogP contribution is -2.47. The first-order chi connectivity index (χ1) is 14.3. The molecule has 0 aromatic carbocycles. The van der Waals surface area contributed by atoms with Crippen LogP contribution in [0.2, 0.25) is 0 Å². The van der Waals surface area contributed by atoms with Crippen molar-refractivity contribution in [3.63, 3.8) is 0 Å². The molecular weight excluding hydrogens is 515 g/mol. The molecule has 2 heterocycles. The third kappa shape index (κ3) is 3.92. The van der Waals surface area contributed by atoms with Gasteiger partial charge >= 0.3 is 35.1 Å². The summed E-state index contributed by atoms with van der Waals surface area (Å²) in [6.07, 6.45) is -3.88. The zero-order chi connectivity index (χ0) is 24.5. The molecule has 1 saturated carbocycles. The number of nitrogens with one attached hydrogen (secondary N) is 1. The molecule has 1 aromatic rings. The topological polar surface area (TPSA) is 244 Å². The van der Waals surface area contributed by atoms with Gasteiger partial charge in [0.15, 0.2) is 11.2 Å². The van der Waals surface area contributed by atoms with Crippen molar-refractivity contribution >= 4 is 23.5 Å². The molecule has 1 aromatic heterocycles. The molecule has 32 heavy (non-hydrogen) atoms. The van der Waals surface area contributed by atoms with Crippen LogP contribution in [0.5, 0.6) is 0 Å². The summed E-state index contributed by atoms with van der Waals surface area (Å²) in [5.74, 6) is -4.46. The number of nitrogens with zero attached hydrogens (tertiary/aromatic N) is 1. The van der Waals surface area contributed by atoms with Gasteiger partial charge in [0.05, 0.1) is 0 Å². The van der Waals surface area contributed by atoms with Crippen LogP contribution < -0.4 is 11.2 Å². The van der Waals surface area contributed by atoms with Crippen LogP contribution in [-0.2, 0) is 31.6 Å². The lowest BCUT2D eigenvalue weighted by atomic mass is 10.1. The van der Waals surface area contributed by atoms with Crippen LogP contribution in [0.3, 0.4) is 0 Å². The predicted octanol–water partition coefficient (Wildman–Crippen LogP) is -0.918. The maximum atomic E-state index is 15.0. The second kappa shape index (κ2) is 7.30.